The van der Waals surface area contributed by atoms with Crippen molar-refractivity contribution in [2.75, 3.05) is 92.9 Å². The van der Waals surface area contributed by atoms with Crippen LogP contribution < -0.4 is 5.32 Å². The summed E-state index contributed by atoms with van der Waals surface area (Å²) in [6.07, 6.45) is 2.32. The molecule has 0 aliphatic carbocycles. The number of carbonyl (C=O) groups is 3. The molecule has 1 N–H and O–H groups in total. The fraction of sp³-hybridized carbons (Fsp3) is 0.889. The summed E-state index contributed by atoms with van der Waals surface area (Å²) in [4.78, 5) is 35.8. The van der Waals surface area contributed by atoms with E-state index < -0.39 is 0 Å². The fourth-order valence-corrected chi connectivity index (χ4v) is 3.41. The van der Waals surface area contributed by atoms with Crippen molar-refractivity contribution in [1.29, 1.82) is 0 Å². The number of aldehydes is 1. The summed E-state index contributed by atoms with van der Waals surface area (Å²) in [6, 6.07) is 0.185. The fourth-order valence-electron chi connectivity index (χ4n) is 3.41. The van der Waals surface area contributed by atoms with Crippen molar-refractivity contribution in [1.82, 2.24) is 10.2 Å². The van der Waals surface area contributed by atoms with E-state index in [1.165, 1.54) is 0 Å². The lowest BCUT2D eigenvalue weighted by molar-refractivity contribution is -0.135. The molecule has 2 atom stereocenters. The summed E-state index contributed by atoms with van der Waals surface area (Å²) >= 11 is 0. The van der Waals surface area contributed by atoms with E-state index in [-0.39, 0.29) is 30.2 Å². The molecule has 11 nitrogen and oxygen atoms in total. The average Bonchev–Trinajstić information content (AvgIpc) is 2.86. The highest BCUT2D eigenvalue weighted by molar-refractivity contribution is 5.80. The maximum Gasteiger partial charge on any atom is 0.225 e. The van der Waals surface area contributed by atoms with Crippen LogP contribution in [0.15, 0.2) is 0 Å². The lowest BCUT2D eigenvalue weighted by Crippen LogP contribution is -2.34. The number of hydrogen-bond donors (Lipinski definition) is 1. The van der Waals surface area contributed by atoms with Gasteiger partial charge in [0, 0.05) is 38.4 Å². The second-order valence-corrected chi connectivity index (χ2v) is 9.59. The van der Waals surface area contributed by atoms with Gasteiger partial charge in [-0.1, -0.05) is 20.8 Å². The standard InChI is InChI=1S/C27H52N2O9/c1-23(2)22-25(4)28-26(31)7-10-33-12-14-35-16-18-37-20-21-38-19-17-36-15-13-34-11-8-29(5)27(32)24(3)6-9-30/h9,23-25H,6-8,10-22H2,1-5H3,(H,28,31). The number of carbonyl (C=O) groups excluding carboxylic acids is 3. The van der Waals surface area contributed by atoms with Gasteiger partial charge in [-0.25, -0.2) is 0 Å². The van der Waals surface area contributed by atoms with Crippen molar-refractivity contribution >= 4 is 18.1 Å². The predicted molar refractivity (Wildman–Crippen MR) is 144 cm³/mol. The molecule has 2 amide bonds. The van der Waals surface area contributed by atoms with Crippen LogP contribution in [0.3, 0.4) is 0 Å². The van der Waals surface area contributed by atoms with Gasteiger partial charge in [-0.15, -0.1) is 0 Å². The monoisotopic (exact) mass is 548 g/mol. The minimum atomic E-state index is -0.300. The number of nitrogens with one attached hydrogen (secondary N) is 1. The predicted octanol–water partition coefficient (Wildman–Crippen LogP) is 1.71. The number of hydrogen-bond acceptors (Lipinski definition) is 9. The van der Waals surface area contributed by atoms with E-state index in [4.69, 9.17) is 28.4 Å². The summed E-state index contributed by atoms with van der Waals surface area (Å²) in [5.74, 6) is 0.217. The number of ether oxygens (including phenoxy) is 6. The molecule has 11 heteroatoms. The van der Waals surface area contributed by atoms with Crippen LogP contribution in [-0.4, -0.2) is 122 Å². The van der Waals surface area contributed by atoms with Gasteiger partial charge in [0.05, 0.1) is 79.3 Å². The van der Waals surface area contributed by atoms with E-state index >= 15 is 0 Å². The van der Waals surface area contributed by atoms with Gasteiger partial charge in [0.25, 0.3) is 0 Å². The number of nitrogens with zero attached hydrogens (tertiary/aromatic N) is 1. The molecular weight excluding hydrogens is 496 g/mol. The topological polar surface area (TPSA) is 122 Å². The van der Waals surface area contributed by atoms with Gasteiger partial charge in [0.2, 0.25) is 11.8 Å². The third-order valence-corrected chi connectivity index (χ3v) is 5.38. The molecule has 0 aromatic heterocycles. The molecule has 0 aliphatic rings. The molecule has 0 heterocycles. The first-order chi connectivity index (χ1) is 18.3. The lowest BCUT2D eigenvalue weighted by atomic mass is 10.1. The average molecular weight is 549 g/mol. The molecule has 0 bridgehead atoms. The van der Waals surface area contributed by atoms with Crippen LogP contribution in [0.4, 0.5) is 0 Å². The molecule has 0 spiro atoms. The first-order valence-electron chi connectivity index (χ1n) is 13.7. The van der Waals surface area contributed by atoms with Gasteiger partial charge in [0.15, 0.2) is 0 Å². The Kier molecular flexibility index (Phi) is 24.5. The Balaban J connectivity index is 3.30. The van der Waals surface area contributed by atoms with E-state index in [1.54, 1.807) is 18.9 Å². The molecule has 0 radical (unpaired) electrons. The van der Waals surface area contributed by atoms with E-state index in [0.717, 1.165) is 12.7 Å². The normalized spacial score (nSPS) is 12.9. The summed E-state index contributed by atoms with van der Waals surface area (Å²) in [5, 5.41) is 2.98. The van der Waals surface area contributed by atoms with Crippen molar-refractivity contribution < 1.29 is 42.8 Å². The van der Waals surface area contributed by atoms with Crippen molar-refractivity contribution in [3.8, 4) is 0 Å². The highest BCUT2D eigenvalue weighted by Crippen LogP contribution is 2.04. The molecular formula is C27H52N2O9. The zero-order valence-electron chi connectivity index (χ0n) is 24.2. The van der Waals surface area contributed by atoms with Crippen LogP contribution in [0.5, 0.6) is 0 Å². The largest absolute Gasteiger partial charge is 0.379 e. The lowest BCUT2D eigenvalue weighted by Gasteiger charge is -2.20. The Morgan fingerprint density at radius 2 is 1.13 bits per heavy atom. The number of rotatable bonds is 27. The van der Waals surface area contributed by atoms with Gasteiger partial charge in [-0.2, -0.15) is 0 Å². The SMILES string of the molecule is CC(C)CC(C)NC(=O)CCOCCOCCOCCOCCOCCOCCN(C)C(=O)C(C)CC=O. The van der Waals surface area contributed by atoms with Gasteiger partial charge in [-0.05, 0) is 19.3 Å². The van der Waals surface area contributed by atoms with Gasteiger partial charge >= 0.3 is 0 Å². The molecule has 0 fully saturated rings. The second-order valence-electron chi connectivity index (χ2n) is 9.59. The maximum atomic E-state index is 12.0. The van der Waals surface area contributed by atoms with E-state index in [2.05, 4.69) is 19.2 Å². The summed E-state index contributed by atoms with van der Waals surface area (Å²) < 4.78 is 32.7. The van der Waals surface area contributed by atoms with Crippen molar-refractivity contribution in [2.45, 2.75) is 53.0 Å². The van der Waals surface area contributed by atoms with E-state index in [1.807, 2.05) is 6.92 Å². The first-order valence-corrected chi connectivity index (χ1v) is 13.7. The van der Waals surface area contributed by atoms with E-state index in [0.29, 0.717) is 98.2 Å². The molecule has 0 aromatic rings. The molecule has 0 saturated heterocycles. The minimum Gasteiger partial charge on any atom is -0.379 e. The van der Waals surface area contributed by atoms with Crippen LogP contribution in [0.1, 0.15) is 47.0 Å². The third-order valence-electron chi connectivity index (χ3n) is 5.38. The Morgan fingerprint density at radius 3 is 1.55 bits per heavy atom. The molecule has 2 unspecified atom stereocenters. The van der Waals surface area contributed by atoms with Crippen LogP contribution in [0, 0.1) is 11.8 Å². The molecule has 0 saturated carbocycles. The molecule has 0 aliphatic heterocycles. The van der Waals surface area contributed by atoms with Crippen molar-refractivity contribution in [2.24, 2.45) is 11.8 Å². The molecule has 0 aromatic carbocycles. The third kappa shape index (κ3) is 23.5. The van der Waals surface area contributed by atoms with Crippen LogP contribution in [0.2, 0.25) is 0 Å². The van der Waals surface area contributed by atoms with Crippen LogP contribution in [-0.2, 0) is 42.8 Å². The minimum absolute atomic E-state index is 0.0171. The number of likely N-dealkylation sites (N-methyl/N-ethyl adjacent to an activating group) is 1. The van der Waals surface area contributed by atoms with Crippen molar-refractivity contribution in [3.05, 3.63) is 0 Å². The van der Waals surface area contributed by atoms with Gasteiger partial charge in [-0.3, -0.25) is 9.59 Å². The van der Waals surface area contributed by atoms with Gasteiger partial charge < -0.3 is 43.4 Å². The van der Waals surface area contributed by atoms with E-state index in [9.17, 15) is 14.4 Å². The first kappa shape index (κ1) is 36.4. The quantitative estimate of drug-likeness (QED) is 0.121. The number of amides is 2. The second kappa shape index (κ2) is 25.6. The Hall–Kier alpha value is -1.63. The Morgan fingerprint density at radius 1 is 0.711 bits per heavy atom. The highest BCUT2D eigenvalue weighted by atomic mass is 16.6. The van der Waals surface area contributed by atoms with Crippen LogP contribution >= 0.6 is 0 Å². The van der Waals surface area contributed by atoms with Gasteiger partial charge in [0.1, 0.15) is 6.29 Å². The smallest absolute Gasteiger partial charge is 0.225 e. The Bertz CT molecular complexity index is 593. The molecule has 224 valence electrons. The summed E-state index contributed by atoms with van der Waals surface area (Å²) in [6.45, 7) is 13.9. The van der Waals surface area contributed by atoms with Crippen LogP contribution in [0.25, 0.3) is 0 Å². The maximum absolute atomic E-state index is 12.0. The zero-order valence-corrected chi connectivity index (χ0v) is 24.2. The summed E-state index contributed by atoms with van der Waals surface area (Å²) in [7, 11) is 1.70. The molecule has 38 heavy (non-hydrogen) atoms. The van der Waals surface area contributed by atoms with Crippen molar-refractivity contribution in [3.63, 3.8) is 0 Å². The molecule has 0 rings (SSSR count). The highest BCUT2D eigenvalue weighted by Gasteiger charge is 2.16. The zero-order chi connectivity index (χ0) is 28.4. The summed E-state index contributed by atoms with van der Waals surface area (Å²) in [5.41, 5.74) is 0. The Labute approximate surface area is 229 Å².